The van der Waals surface area contributed by atoms with Gasteiger partial charge < -0.3 is 60.0 Å². The Morgan fingerprint density at radius 1 is 0.500 bits per heavy atom. The number of piperazine rings is 2. The van der Waals surface area contributed by atoms with Crippen molar-refractivity contribution in [1.29, 1.82) is 0 Å². The van der Waals surface area contributed by atoms with Crippen LogP contribution in [0.15, 0.2) is 72.8 Å². The van der Waals surface area contributed by atoms with Crippen molar-refractivity contribution < 1.29 is 47.9 Å². The number of anilines is 4. The summed E-state index contributed by atoms with van der Waals surface area (Å²) in [6.45, 7) is 7.66. The molecule has 0 saturated carbocycles. The number of nitrogen functional groups attached to an aromatic ring is 2. The Balaban J connectivity index is 0.910. The van der Waals surface area contributed by atoms with Gasteiger partial charge in [0.1, 0.15) is 11.5 Å². The lowest BCUT2D eigenvalue weighted by Crippen LogP contribution is -2.52. The highest BCUT2D eigenvalue weighted by Crippen LogP contribution is 2.34. The molecule has 4 aliphatic heterocycles. The average Bonchev–Trinajstić information content (AvgIpc) is 3.47. The van der Waals surface area contributed by atoms with Crippen LogP contribution in [0.2, 0.25) is 20.1 Å². The normalized spacial score (nSPS) is 16.8. The predicted molar refractivity (Wildman–Crippen MR) is 298 cm³/mol. The Kier molecular flexibility index (Phi) is 19.6. The highest BCUT2D eigenvalue weighted by atomic mass is 35.5. The van der Waals surface area contributed by atoms with Crippen LogP contribution in [-0.4, -0.2) is 183 Å². The number of likely N-dealkylation sites (tertiary alicyclic amines) is 2. The molecule has 0 aromatic heterocycles. The zero-order valence-corrected chi connectivity index (χ0v) is 46.6. The zero-order chi connectivity index (χ0) is 55.6. The maximum absolute atomic E-state index is 14.5. The van der Waals surface area contributed by atoms with E-state index < -0.39 is 35.8 Å². The lowest BCUT2D eigenvalue weighted by Gasteiger charge is -2.38. The monoisotopic (exact) mass is 1150 g/mol. The molecule has 0 unspecified atom stereocenters. The van der Waals surface area contributed by atoms with Crippen LogP contribution >= 0.6 is 46.4 Å². The third-order valence-corrected chi connectivity index (χ3v) is 15.9. The number of nitrogens with zero attached hydrogens (tertiary/aromatic N) is 8. The van der Waals surface area contributed by atoms with Crippen molar-refractivity contribution in [3.05, 3.63) is 104 Å². The number of rotatable bonds is 14. The fourth-order valence-corrected chi connectivity index (χ4v) is 10.8. The topological polar surface area (TPSA) is 217 Å². The number of hydroxylamine groups is 4. The van der Waals surface area contributed by atoms with E-state index in [1.54, 1.807) is 0 Å². The highest BCUT2D eigenvalue weighted by Gasteiger charge is 2.40. The lowest BCUT2D eigenvalue weighted by molar-refractivity contribution is -0.215. The number of carbonyl (C=O) groups excluding carboxylic acids is 6. The van der Waals surface area contributed by atoms with Gasteiger partial charge in [-0.05, 0) is 86.3 Å². The van der Waals surface area contributed by atoms with Crippen molar-refractivity contribution in [1.82, 2.24) is 29.7 Å². The zero-order valence-electron chi connectivity index (χ0n) is 43.6. The SMILES string of the molecule is COc1cc(N)c(Cl)cc1C(=O)N(OC(=O)C(=O)ON(C(=O)c1cc(Cl)c(N)cc1OC)C1CCN(CCC(=O)N2CCN(c3ccc(Cl)cc3)CC2)CC1)C1CCN(CCC(=O)N2CCN(c3ccc(Cl)cc3)CC2)CC1. The van der Waals surface area contributed by atoms with Gasteiger partial charge in [0.2, 0.25) is 11.8 Å². The van der Waals surface area contributed by atoms with E-state index in [9.17, 15) is 28.8 Å². The van der Waals surface area contributed by atoms with Gasteiger partial charge in [-0.2, -0.15) is 10.1 Å². The molecule has 4 aromatic carbocycles. The van der Waals surface area contributed by atoms with Gasteiger partial charge in [0.15, 0.2) is 0 Å². The molecule has 0 radical (unpaired) electrons. The number of amides is 4. The molecule has 4 heterocycles. The molecule has 418 valence electrons. The summed E-state index contributed by atoms with van der Waals surface area (Å²) in [5.41, 5.74) is 14.3. The smallest absolute Gasteiger partial charge is 0.444 e. The van der Waals surface area contributed by atoms with E-state index in [1.165, 1.54) is 38.5 Å². The summed E-state index contributed by atoms with van der Waals surface area (Å²) in [4.78, 5) is 108. The molecule has 0 bridgehead atoms. The second kappa shape index (κ2) is 26.5. The fraction of sp³-hybridized carbons (Fsp3) is 0.444. The number of halogens is 4. The molecule has 4 amide bonds. The molecule has 78 heavy (non-hydrogen) atoms. The predicted octanol–water partition coefficient (Wildman–Crippen LogP) is 6.39. The van der Waals surface area contributed by atoms with E-state index >= 15 is 0 Å². The van der Waals surface area contributed by atoms with Gasteiger partial charge in [0, 0.05) is 138 Å². The van der Waals surface area contributed by atoms with Gasteiger partial charge in [-0.1, -0.05) is 46.4 Å². The van der Waals surface area contributed by atoms with E-state index in [1.807, 2.05) is 58.3 Å². The maximum atomic E-state index is 14.5. The third kappa shape index (κ3) is 14.2. The van der Waals surface area contributed by atoms with Gasteiger partial charge in [0.05, 0.1) is 58.9 Å². The number of piperidine rings is 2. The van der Waals surface area contributed by atoms with Gasteiger partial charge in [-0.15, -0.1) is 0 Å². The Morgan fingerprint density at radius 2 is 0.833 bits per heavy atom. The van der Waals surface area contributed by atoms with Crippen LogP contribution in [0.5, 0.6) is 11.5 Å². The van der Waals surface area contributed by atoms with Crippen LogP contribution in [0.1, 0.15) is 59.2 Å². The van der Waals surface area contributed by atoms with E-state index in [4.69, 9.17) is 77.0 Å². The summed E-state index contributed by atoms with van der Waals surface area (Å²) in [5, 5.41) is 3.01. The summed E-state index contributed by atoms with van der Waals surface area (Å²) >= 11 is 24.9. The minimum atomic E-state index is -1.60. The Bertz CT molecular complexity index is 2610. The van der Waals surface area contributed by atoms with E-state index in [-0.39, 0.29) is 94.4 Å². The number of ether oxygens (including phenoxy) is 2. The van der Waals surface area contributed by atoms with Crippen LogP contribution in [-0.2, 0) is 28.9 Å². The molecule has 0 atom stereocenters. The van der Waals surface area contributed by atoms with E-state index in [0.29, 0.717) is 102 Å². The molecule has 8 rings (SSSR count). The van der Waals surface area contributed by atoms with Crippen molar-refractivity contribution in [2.75, 3.05) is 127 Å². The molecule has 4 aliphatic rings. The molecular weight excluding hydrogens is 1090 g/mol. The maximum Gasteiger partial charge on any atom is 0.444 e. The van der Waals surface area contributed by atoms with Gasteiger partial charge >= 0.3 is 11.9 Å². The number of benzene rings is 4. The van der Waals surface area contributed by atoms with Crippen LogP contribution in [0.4, 0.5) is 22.7 Å². The summed E-state index contributed by atoms with van der Waals surface area (Å²) in [7, 11) is 2.66. The number of carbonyl (C=O) groups is 6. The van der Waals surface area contributed by atoms with Crippen LogP contribution < -0.4 is 30.7 Å². The molecule has 24 heteroatoms. The molecular formula is C54H64Cl4N10O10. The van der Waals surface area contributed by atoms with Crippen LogP contribution in [0.25, 0.3) is 0 Å². The van der Waals surface area contributed by atoms with Crippen LogP contribution in [0, 0.1) is 0 Å². The summed E-state index contributed by atoms with van der Waals surface area (Å²) in [6.07, 6.45) is 1.68. The first-order valence-corrected chi connectivity index (χ1v) is 27.4. The first-order valence-electron chi connectivity index (χ1n) is 25.9. The number of hydrogen-bond acceptors (Lipinski definition) is 16. The molecule has 20 nitrogen and oxygen atoms in total. The molecule has 4 aromatic rings. The van der Waals surface area contributed by atoms with Gasteiger partial charge in [-0.3, -0.25) is 19.2 Å². The first kappa shape index (κ1) is 57.7. The number of nitrogens with two attached hydrogens (primary N) is 2. The molecule has 4 saturated heterocycles. The van der Waals surface area contributed by atoms with Crippen molar-refractivity contribution in [3.63, 3.8) is 0 Å². The molecule has 4 N–H and O–H groups in total. The second-order valence-corrected chi connectivity index (χ2v) is 21.2. The summed E-state index contributed by atoms with van der Waals surface area (Å²) < 4.78 is 11.0. The highest BCUT2D eigenvalue weighted by molar-refractivity contribution is 6.34. The second-order valence-electron chi connectivity index (χ2n) is 19.5. The molecule has 4 fully saturated rings. The van der Waals surface area contributed by atoms with E-state index in [0.717, 1.165) is 21.5 Å². The lowest BCUT2D eigenvalue weighted by atomic mass is 10.0. The fourth-order valence-electron chi connectivity index (χ4n) is 10.2. The Labute approximate surface area is 473 Å². The van der Waals surface area contributed by atoms with Gasteiger partial charge in [0.25, 0.3) is 11.8 Å². The minimum absolute atomic E-state index is 0.0315. The van der Waals surface area contributed by atoms with Gasteiger partial charge in [-0.25, -0.2) is 9.59 Å². The number of methoxy groups -OCH3 is 2. The van der Waals surface area contributed by atoms with Crippen molar-refractivity contribution in [2.45, 2.75) is 50.6 Å². The molecule has 0 aliphatic carbocycles. The quantitative estimate of drug-likeness (QED) is 0.0795. The summed E-state index contributed by atoms with van der Waals surface area (Å²) in [5.74, 6) is -4.79. The Morgan fingerprint density at radius 3 is 1.15 bits per heavy atom. The van der Waals surface area contributed by atoms with Crippen molar-refractivity contribution in [2.24, 2.45) is 0 Å². The van der Waals surface area contributed by atoms with Crippen molar-refractivity contribution >= 4 is 105 Å². The van der Waals surface area contributed by atoms with Crippen LogP contribution in [0.3, 0.4) is 0 Å². The third-order valence-electron chi connectivity index (χ3n) is 14.7. The number of hydrogen-bond donors (Lipinski definition) is 2. The molecule has 0 spiro atoms. The summed E-state index contributed by atoms with van der Waals surface area (Å²) in [6, 6.07) is 19.0. The minimum Gasteiger partial charge on any atom is -0.496 e. The standard InChI is InChI=1S/C54H64Cl4N10O10/c1-75-47-33-45(59)43(57)31-41(47)51(71)67(39-11-17-61(18-12-39)21-15-49(69)65-27-23-63(24-28-65)37-7-3-35(55)4-8-37)77-53(73)54(74)78-68(52(72)42-32-44(58)46(60)34-48(42)76-2)40-13-19-62(20-14-40)22-16-50(70)66-29-25-64(26-30-66)38-9-5-36(56)6-10-38/h3-10,31-34,39-40H,11-30,59-60H2,1-2H3. The first-order chi connectivity index (χ1) is 37.5. The van der Waals surface area contributed by atoms with Crippen molar-refractivity contribution in [3.8, 4) is 11.5 Å². The largest absolute Gasteiger partial charge is 0.496 e. The average molecular weight is 1150 g/mol. The Hall–Kier alpha value is -6.42. The van der Waals surface area contributed by atoms with E-state index in [2.05, 4.69) is 19.6 Å².